The number of sulfone groups is 1. The molecule has 0 amide bonds. The molecule has 0 saturated heterocycles. The quantitative estimate of drug-likeness (QED) is 0.442. The first kappa shape index (κ1) is 16.9. The number of carbonyl (C=O) groups is 1. The van der Waals surface area contributed by atoms with Crippen molar-refractivity contribution in [1.82, 2.24) is 0 Å². The number of nitrogens with one attached hydrogen (secondary N) is 1. The fraction of sp³-hybridized carbons (Fsp3) is 0.417. The Morgan fingerprint density at radius 3 is 2.52 bits per heavy atom. The van der Waals surface area contributed by atoms with Crippen molar-refractivity contribution in [2.24, 2.45) is 0 Å². The Bertz CT molecular complexity index is 669. The minimum absolute atomic E-state index is 0.0141. The molecule has 0 spiro atoms. The minimum Gasteiger partial charge on any atom is -0.478 e. The molecule has 2 N–H and O–H groups in total. The van der Waals surface area contributed by atoms with Crippen molar-refractivity contribution >= 4 is 27.2 Å². The highest BCUT2D eigenvalue weighted by Crippen LogP contribution is 2.27. The number of benzene rings is 1. The molecule has 0 heterocycles. The monoisotopic (exact) mass is 316 g/mol. The second-order valence-corrected chi connectivity index (χ2v) is 6.90. The number of anilines is 1. The molecule has 0 aliphatic heterocycles. The first-order valence-corrected chi connectivity index (χ1v) is 8.12. The fourth-order valence-electron chi connectivity index (χ4n) is 1.75. The van der Waals surface area contributed by atoms with Gasteiger partial charge in [-0.25, -0.2) is 13.2 Å². The van der Waals surface area contributed by atoms with Crippen LogP contribution in [0.3, 0.4) is 0 Å². The van der Waals surface area contributed by atoms with Gasteiger partial charge in [0.1, 0.15) is 9.84 Å². The van der Waals surface area contributed by atoms with Crippen molar-refractivity contribution in [2.45, 2.75) is 13.3 Å². The van der Waals surface area contributed by atoms with Gasteiger partial charge in [0, 0.05) is 30.1 Å². The van der Waals surface area contributed by atoms with E-state index in [0.29, 0.717) is 17.7 Å². The molecule has 21 heavy (non-hydrogen) atoms. The maximum Gasteiger partial charge on any atom is 0.336 e. The number of nitrogens with zero attached hydrogens (tertiary/aromatic N) is 1. The predicted octanol–water partition coefficient (Wildman–Crippen LogP) is 1.45. The Morgan fingerprint density at radius 2 is 2.05 bits per heavy atom. The fourth-order valence-corrected chi connectivity index (χ4v) is 2.42. The second kappa shape index (κ2) is 6.53. The van der Waals surface area contributed by atoms with Crippen molar-refractivity contribution in [3.8, 4) is 0 Å². The van der Waals surface area contributed by atoms with Crippen LogP contribution in [0.2, 0.25) is 0 Å². The Labute approximate surface area is 121 Å². The van der Waals surface area contributed by atoms with Gasteiger partial charge in [0.15, 0.2) is 0 Å². The van der Waals surface area contributed by atoms with Gasteiger partial charge in [-0.3, -0.25) is 10.1 Å². The molecular formula is C12H16N2O6S. The molecule has 0 unspecified atom stereocenters. The SMILES string of the molecule is Cc1c(NCCCS(C)(=O)=O)cc(C(=O)O)cc1[N+](=O)[O-]. The van der Waals surface area contributed by atoms with E-state index in [2.05, 4.69) is 5.32 Å². The van der Waals surface area contributed by atoms with Gasteiger partial charge < -0.3 is 10.4 Å². The maximum absolute atomic E-state index is 11.0. The summed E-state index contributed by atoms with van der Waals surface area (Å²) >= 11 is 0. The van der Waals surface area contributed by atoms with E-state index >= 15 is 0 Å². The molecule has 0 fully saturated rings. The Kier molecular flexibility index (Phi) is 5.25. The molecule has 1 aromatic carbocycles. The van der Waals surface area contributed by atoms with Crippen LogP contribution < -0.4 is 5.32 Å². The summed E-state index contributed by atoms with van der Waals surface area (Å²) in [4.78, 5) is 21.2. The van der Waals surface area contributed by atoms with Crippen molar-refractivity contribution in [3.63, 3.8) is 0 Å². The third kappa shape index (κ3) is 5.03. The van der Waals surface area contributed by atoms with Crippen molar-refractivity contribution in [1.29, 1.82) is 0 Å². The molecule has 8 nitrogen and oxygen atoms in total. The van der Waals surface area contributed by atoms with Crippen LogP contribution in [0.5, 0.6) is 0 Å². The number of nitro benzene ring substituents is 1. The summed E-state index contributed by atoms with van der Waals surface area (Å²) in [6, 6.07) is 2.30. The summed E-state index contributed by atoms with van der Waals surface area (Å²) in [6.45, 7) is 1.77. The largest absolute Gasteiger partial charge is 0.478 e. The summed E-state index contributed by atoms with van der Waals surface area (Å²) in [5.74, 6) is -1.28. The summed E-state index contributed by atoms with van der Waals surface area (Å²) in [5, 5.41) is 22.7. The lowest BCUT2D eigenvalue weighted by Gasteiger charge is -2.10. The number of hydrogen-bond acceptors (Lipinski definition) is 6. The Morgan fingerprint density at radius 1 is 1.43 bits per heavy atom. The van der Waals surface area contributed by atoms with Crippen LogP contribution in [0, 0.1) is 17.0 Å². The van der Waals surface area contributed by atoms with Crippen LogP contribution in [0.1, 0.15) is 22.3 Å². The van der Waals surface area contributed by atoms with E-state index in [4.69, 9.17) is 5.11 Å². The highest BCUT2D eigenvalue weighted by molar-refractivity contribution is 7.90. The molecule has 9 heteroatoms. The van der Waals surface area contributed by atoms with E-state index in [1.54, 1.807) is 0 Å². The van der Waals surface area contributed by atoms with E-state index in [9.17, 15) is 23.3 Å². The molecule has 0 aliphatic rings. The molecule has 1 aromatic rings. The summed E-state index contributed by atoms with van der Waals surface area (Å²) in [5.41, 5.74) is 0.137. The van der Waals surface area contributed by atoms with Crippen molar-refractivity contribution in [3.05, 3.63) is 33.4 Å². The van der Waals surface area contributed by atoms with Crippen LogP contribution in [0.4, 0.5) is 11.4 Å². The molecule has 0 aromatic heterocycles. The average Bonchev–Trinajstić information content (AvgIpc) is 2.34. The summed E-state index contributed by atoms with van der Waals surface area (Å²) in [7, 11) is -3.07. The van der Waals surface area contributed by atoms with Gasteiger partial charge in [0.2, 0.25) is 0 Å². The molecule has 0 bridgehead atoms. The molecule has 0 radical (unpaired) electrons. The molecule has 0 atom stereocenters. The van der Waals surface area contributed by atoms with E-state index in [0.717, 1.165) is 12.3 Å². The lowest BCUT2D eigenvalue weighted by Crippen LogP contribution is -2.11. The molecule has 116 valence electrons. The van der Waals surface area contributed by atoms with Gasteiger partial charge in [0.25, 0.3) is 5.69 Å². The number of nitro groups is 1. The van der Waals surface area contributed by atoms with E-state index in [-0.39, 0.29) is 23.5 Å². The van der Waals surface area contributed by atoms with E-state index in [1.165, 1.54) is 13.0 Å². The lowest BCUT2D eigenvalue weighted by molar-refractivity contribution is -0.385. The van der Waals surface area contributed by atoms with Gasteiger partial charge in [-0.2, -0.15) is 0 Å². The lowest BCUT2D eigenvalue weighted by atomic mass is 10.1. The van der Waals surface area contributed by atoms with E-state index in [1.807, 2.05) is 0 Å². The third-order valence-corrected chi connectivity index (χ3v) is 3.86. The molecule has 0 saturated carbocycles. The molecular weight excluding hydrogens is 300 g/mol. The van der Waals surface area contributed by atoms with Crippen LogP contribution in [0.15, 0.2) is 12.1 Å². The van der Waals surface area contributed by atoms with Crippen molar-refractivity contribution < 1.29 is 23.2 Å². The topological polar surface area (TPSA) is 127 Å². The predicted molar refractivity (Wildman–Crippen MR) is 77.6 cm³/mol. The van der Waals surface area contributed by atoms with Crippen LogP contribution in [-0.2, 0) is 9.84 Å². The van der Waals surface area contributed by atoms with Crippen LogP contribution >= 0.6 is 0 Å². The zero-order valence-corrected chi connectivity index (χ0v) is 12.4. The number of carboxylic acid groups (broad SMARTS) is 1. The Balaban J connectivity index is 2.95. The standard InChI is InChI=1S/C12H16N2O6S/c1-8-10(13-4-3-5-21(2,19)20)6-9(12(15)16)7-11(8)14(17)18/h6-7,13H,3-5H2,1-2H3,(H,15,16). The van der Waals surface area contributed by atoms with E-state index < -0.39 is 20.7 Å². The maximum atomic E-state index is 11.0. The number of rotatable bonds is 7. The highest BCUT2D eigenvalue weighted by atomic mass is 32.2. The average molecular weight is 316 g/mol. The highest BCUT2D eigenvalue weighted by Gasteiger charge is 2.18. The summed E-state index contributed by atoms with van der Waals surface area (Å²) < 4.78 is 22.0. The van der Waals surface area contributed by atoms with Gasteiger partial charge in [-0.05, 0) is 19.4 Å². The summed E-state index contributed by atoms with van der Waals surface area (Å²) in [6.07, 6.45) is 1.44. The van der Waals surface area contributed by atoms with Gasteiger partial charge in [-0.15, -0.1) is 0 Å². The van der Waals surface area contributed by atoms with Crippen molar-refractivity contribution in [2.75, 3.05) is 23.9 Å². The van der Waals surface area contributed by atoms with Gasteiger partial charge in [-0.1, -0.05) is 0 Å². The molecule has 0 aliphatic carbocycles. The second-order valence-electron chi connectivity index (χ2n) is 4.64. The van der Waals surface area contributed by atoms with Gasteiger partial charge in [0.05, 0.1) is 16.2 Å². The smallest absolute Gasteiger partial charge is 0.336 e. The normalized spacial score (nSPS) is 11.1. The first-order valence-electron chi connectivity index (χ1n) is 6.05. The molecule has 1 rings (SSSR count). The minimum atomic E-state index is -3.07. The number of carboxylic acids is 1. The van der Waals surface area contributed by atoms with Crippen LogP contribution in [0.25, 0.3) is 0 Å². The number of aromatic carboxylic acids is 1. The zero-order valence-electron chi connectivity index (χ0n) is 11.6. The number of hydrogen-bond donors (Lipinski definition) is 2. The Hall–Kier alpha value is -2.16. The first-order chi connectivity index (χ1) is 9.61. The van der Waals surface area contributed by atoms with Crippen LogP contribution in [-0.4, -0.2) is 43.0 Å². The third-order valence-electron chi connectivity index (χ3n) is 2.83. The van der Waals surface area contributed by atoms with Gasteiger partial charge >= 0.3 is 5.97 Å². The zero-order chi connectivity index (χ0) is 16.2.